The number of aromatic nitrogens is 1. The molecule has 5 nitrogen and oxygen atoms in total. The van der Waals surface area contributed by atoms with Crippen molar-refractivity contribution in [3.8, 4) is 22.4 Å². The molecule has 0 N–H and O–H groups in total. The number of hydrogen-bond donors (Lipinski definition) is 0. The van der Waals surface area contributed by atoms with Gasteiger partial charge in [0.1, 0.15) is 0 Å². The van der Waals surface area contributed by atoms with Gasteiger partial charge >= 0.3 is 0 Å². The van der Waals surface area contributed by atoms with E-state index in [4.69, 9.17) is 9.72 Å². The molecule has 5 rings (SSSR count). The SMILES string of the molecule is CN(C)Cc1cccc(-c2cc(-c3c(N4CCOCC4)sc4c3CC(C)(C)CC4=O)ccn2)c1. The molecule has 34 heavy (non-hydrogen) atoms. The molecule has 178 valence electrons. The van der Waals surface area contributed by atoms with Crippen molar-refractivity contribution >= 4 is 22.1 Å². The van der Waals surface area contributed by atoms with E-state index in [2.05, 4.69) is 74.1 Å². The summed E-state index contributed by atoms with van der Waals surface area (Å²) in [5.41, 5.74) is 6.90. The van der Waals surface area contributed by atoms with Crippen LogP contribution in [0.3, 0.4) is 0 Å². The fraction of sp³-hybridized carbons (Fsp3) is 0.429. The average molecular weight is 476 g/mol. The van der Waals surface area contributed by atoms with Gasteiger partial charge in [-0.2, -0.15) is 0 Å². The normalized spacial score (nSPS) is 17.8. The van der Waals surface area contributed by atoms with Crippen molar-refractivity contribution in [2.24, 2.45) is 5.41 Å². The number of nitrogens with zero attached hydrogens (tertiary/aromatic N) is 3. The Bertz CT molecular complexity index is 1210. The van der Waals surface area contributed by atoms with Crippen molar-refractivity contribution in [2.75, 3.05) is 45.3 Å². The third kappa shape index (κ3) is 4.67. The molecule has 1 fully saturated rings. The van der Waals surface area contributed by atoms with E-state index in [9.17, 15) is 4.79 Å². The van der Waals surface area contributed by atoms with Gasteiger partial charge in [-0.3, -0.25) is 9.78 Å². The zero-order valence-electron chi connectivity index (χ0n) is 20.6. The third-order valence-corrected chi connectivity index (χ3v) is 7.94. The number of fused-ring (bicyclic) bond motifs is 1. The first-order chi connectivity index (χ1) is 16.3. The van der Waals surface area contributed by atoms with Crippen LogP contribution in [0, 0.1) is 5.41 Å². The molecule has 3 aromatic rings. The number of Topliss-reactive ketones (excluding diaryl/α,β-unsaturated/α-hetero) is 1. The fourth-order valence-electron chi connectivity index (χ4n) is 5.13. The number of rotatable bonds is 5. The molecule has 2 aromatic heterocycles. The number of benzene rings is 1. The minimum Gasteiger partial charge on any atom is -0.378 e. The topological polar surface area (TPSA) is 45.7 Å². The number of pyridine rings is 1. The van der Waals surface area contributed by atoms with Gasteiger partial charge in [0.15, 0.2) is 5.78 Å². The number of carbonyl (C=O) groups is 1. The predicted octanol–water partition coefficient (Wildman–Crippen LogP) is 5.53. The highest BCUT2D eigenvalue weighted by molar-refractivity contribution is 7.19. The summed E-state index contributed by atoms with van der Waals surface area (Å²) in [6, 6.07) is 12.9. The molecule has 1 saturated heterocycles. The second kappa shape index (κ2) is 9.25. The summed E-state index contributed by atoms with van der Waals surface area (Å²) < 4.78 is 5.62. The molecule has 2 aliphatic rings. The number of hydrogen-bond acceptors (Lipinski definition) is 6. The highest BCUT2D eigenvalue weighted by atomic mass is 32.1. The van der Waals surface area contributed by atoms with E-state index in [1.807, 2.05) is 6.20 Å². The maximum atomic E-state index is 13.1. The van der Waals surface area contributed by atoms with Crippen molar-refractivity contribution in [1.82, 2.24) is 9.88 Å². The Morgan fingerprint density at radius 2 is 1.88 bits per heavy atom. The van der Waals surface area contributed by atoms with Crippen molar-refractivity contribution in [3.05, 3.63) is 58.6 Å². The maximum Gasteiger partial charge on any atom is 0.173 e. The molecule has 0 bridgehead atoms. The second-order valence-corrected chi connectivity index (χ2v) is 11.5. The molecule has 0 unspecified atom stereocenters. The first-order valence-corrected chi connectivity index (χ1v) is 12.8. The number of anilines is 1. The van der Waals surface area contributed by atoms with E-state index >= 15 is 0 Å². The van der Waals surface area contributed by atoms with Crippen LogP contribution in [0.5, 0.6) is 0 Å². The van der Waals surface area contributed by atoms with Gasteiger partial charge in [0.2, 0.25) is 0 Å². The van der Waals surface area contributed by atoms with Crippen LogP contribution in [0.2, 0.25) is 0 Å². The smallest absolute Gasteiger partial charge is 0.173 e. The largest absolute Gasteiger partial charge is 0.378 e. The van der Waals surface area contributed by atoms with Crippen molar-refractivity contribution in [1.29, 1.82) is 0 Å². The predicted molar refractivity (Wildman–Crippen MR) is 140 cm³/mol. The lowest BCUT2D eigenvalue weighted by atomic mass is 9.75. The van der Waals surface area contributed by atoms with Crippen molar-refractivity contribution in [2.45, 2.75) is 33.2 Å². The Morgan fingerprint density at radius 1 is 1.09 bits per heavy atom. The molecule has 3 heterocycles. The van der Waals surface area contributed by atoms with Crippen LogP contribution in [0.25, 0.3) is 22.4 Å². The van der Waals surface area contributed by atoms with E-state index in [1.165, 1.54) is 21.7 Å². The number of ether oxygens (including phenoxy) is 1. The van der Waals surface area contributed by atoms with E-state index in [0.717, 1.165) is 61.0 Å². The summed E-state index contributed by atoms with van der Waals surface area (Å²) >= 11 is 1.68. The van der Waals surface area contributed by atoms with Crippen LogP contribution in [0.15, 0.2) is 42.6 Å². The Balaban J connectivity index is 1.62. The van der Waals surface area contributed by atoms with E-state index < -0.39 is 0 Å². The summed E-state index contributed by atoms with van der Waals surface area (Å²) in [5, 5.41) is 1.21. The minimum absolute atomic E-state index is 0.0292. The first-order valence-electron chi connectivity index (χ1n) is 12.0. The van der Waals surface area contributed by atoms with Gasteiger partial charge in [0, 0.05) is 43.4 Å². The standard InChI is InChI=1S/C28H33N3O2S/c1-28(2)16-22-25(27(31-10-12-33-13-11-31)34-26(22)24(32)17-28)21-8-9-29-23(15-21)20-7-5-6-19(14-20)18-30(3)4/h5-9,14-15H,10-13,16-18H2,1-4H3. The van der Waals surface area contributed by atoms with E-state index in [1.54, 1.807) is 11.3 Å². The first kappa shape index (κ1) is 23.2. The van der Waals surface area contributed by atoms with Crippen LogP contribution >= 0.6 is 11.3 Å². The number of carbonyl (C=O) groups excluding carboxylic acids is 1. The lowest BCUT2D eigenvalue weighted by Crippen LogP contribution is -2.36. The van der Waals surface area contributed by atoms with Gasteiger partial charge in [0.05, 0.1) is 28.8 Å². The van der Waals surface area contributed by atoms with Gasteiger partial charge in [-0.1, -0.05) is 32.0 Å². The molecular weight excluding hydrogens is 442 g/mol. The molecule has 0 radical (unpaired) electrons. The van der Waals surface area contributed by atoms with Gasteiger partial charge in [-0.25, -0.2) is 0 Å². The summed E-state index contributed by atoms with van der Waals surface area (Å²) in [6.07, 6.45) is 3.44. The van der Waals surface area contributed by atoms with Crippen molar-refractivity contribution < 1.29 is 9.53 Å². The maximum absolute atomic E-state index is 13.1. The molecule has 1 aliphatic heterocycles. The molecule has 0 atom stereocenters. The summed E-state index contributed by atoms with van der Waals surface area (Å²) in [6.45, 7) is 8.46. The zero-order chi connectivity index (χ0) is 23.9. The van der Waals surface area contributed by atoms with Crippen LogP contribution in [0.4, 0.5) is 5.00 Å². The molecule has 0 saturated carbocycles. The highest BCUT2D eigenvalue weighted by Crippen LogP contribution is 2.49. The van der Waals surface area contributed by atoms with E-state index in [0.29, 0.717) is 6.42 Å². The molecule has 0 amide bonds. The molecule has 1 aromatic carbocycles. The quantitative estimate of drug-likeness (QED) is 0.485. The summed E-state index contributed by atoms with van der Waals surface area (Å²) in [5.74, 6) is 0.280. The average Bonchev–Trinajstić information content (AvgIpc) is 3.18. The highest BCUT2D eigenvalue weighted by Gasteiger charge is 2.37. The monoisotopic (exact) mass is 475 g/mol. The second-order valence-electron chi connectivity index (χ2n) is 10.5. The molecule has 0 spiro atoms. The molecule has 6 heteroatoms. The molecular formula is C28H33N3O2S. The fourth-order valence-corrected chi connectivity index (χ4v) is 6.46. The van der Waals surface area contributed by atoms with Gasteiger partial charge in [-0.05, 0) is 60.8 Å². The lowest BCUT2D eigenvalue weighted by molar-refractivity contribution is 0.0918. The van der Waals surface area contributed by atoms with Gasteiger partial charge in [-0.15, -0.1) is 11.3 Å². The van der Waals surface area contributed by atoms with Crippen LogP contribution in [0.1, 0.15) is 41.1 Å². The lowest BCUT2D eigenvalue weighted by Gasteiger charge is -2.30. The van der Waals surface area contributed by atoms with Crippen molar-refractivity contribution in [3.63, 3.8) is 0 Å². The zero-order valence-corrected chi connectivity index (χ0v) is 21.4. The number of thiophene rings is 1. The Hall–Kier alpha value is -2.54. The number of ketones is 1. The van der Waals surface area contributed by atoms with Crippen LogP contribution < -0.4 is 4.90 Å². The third-order valence-electron chi connectivity index (χ3n) is 6.60. The minimum atomic E-state index is -0.0292. The van der Waals surface area contributed by atoms with Crippen LogP contribution in [-0.4, -0.2) is 56.1 Å². The molecule has 1 aliphatic carbocycles. The Labute approximate surface area is 206 Å². The van der Waals surface area contributed by atoms with Gasteiger partial charge < -0.3 is 14.5 Å². The number of morpholine rings is 1. The Morgan fingerprint density at radius 3 is 2.65 bits per heavy atom. The summed E-state index contributed by atoms with van der Waals surface area (Å²) in [4.78, 5) is 23.4. The summed E-state index contributed by atoms with van der Waals surface area (Å²) in [7, 11) is 4.17. The Kier molecular flexibility index (Phi) is 6.32. The van der Waals surface area contributed by atoms with Gasteiger partial charge in [0.25, 0.3) is 0 Å². The van der Waals surface area contributed by atoms with E-state index in [-0.39, 0.29) is 11.2 Å². The van der Waals surface area contributed by atoms with Crippen LogP contribution in [-0.2, 0) is 17.7 Å².